The van der Waals surface area contributed by atoms with Crippen LogP contribution in [0.4, 0.5) is 0 Å². The van der Waals surface area contributed by atoms with Crippen molar-refractivity contribution in [1.29, 1.82) is 5.26 Å². The highest BCUT2D eigenvalue weighted by molar-refractivity contribution is 4.99. The summed E-state index contributed by atoms with van der Waals surface area (Å²) in [6, 6.07) is 1.78. The maximum absolute atomic E-state index is 9.68. The molecular formula is C8H13NO4. The quantitative estimate of drug-likeness (QED) is 0.400. The van der Waals surface area contributed by atoms with Gasteiger partial charge in [0.1, 0.15) is 6.10 Å². The monoisotopic (exact) mass is 187 g/mol. The SMILES string of the molecule is N#CCC1(O)CC(O)C(O)C(O)C1. The Balaban J connectivity index is 2.68. The van der Waals surface area contributed by atoms with Crippen LogP contribution in [-0.2, 0) is 0 Å². The molecular weight excluding hydrogens is 174 g/mol. The molecule has 0 radical (unpaired) electrons. The molecule has 74 valence electrons. The van der Waals surface area contributed by atoms with Gasteiger partial charge in [0.15, 0.2) is 0 Å². The molecule has 0 aliphatic heterocycles. The summed E-state index contributed by atoms with van der Waals surface area (Å²) in [5.74, 6) is 0. The Labute approximate surface area is 75.9 Å². The Morgan fingerprint density at radius 3 is 2.08 bits per heavy atom. The third kappa shape index (κ3) is 2.17. The van der Waals surface area contributed by atoms with Crippen molar-refractivity contribution < 1.29 is 20.4 Å². The Morgan fingerprint density at radius 1 is 1.23 bits per heavy atom. The minimum Gasteiger partial charge on any atom is -0.390 e. The highest BCUT2D eigenvalue weighted by Crippen LogP contribution is 2.31. The zero-order chi connectivity index (χ0) is 10.1. The Kier molecular flexibility index (Phi) is 2.88. The fraction of sp³-hybridized carbons (Fsp3) is 0.875. The third-order valence-electron chi connectivity index (χ3n) is 2.37. The van der Waals surface area contributed by atoms with Crippen LogP contribution < -0.4 is 0 Å². The summed E-state index contributed by atoms with van der Waals surface area (Å²) in [6.45, 7) is 0. The van der Waals surface area contributed by atoms with E-state index in [1.54, 1.807) is 6.07 Å². The van der Waals surface area contributed by atoms with Crippen molar-refractivity contribution in [2.45, 2.75) is 43.2 Å². The Bertz CT molecular complexity index is 213. The molecule has 0 aromatic rings. The summed E-state index contributed by atoms with van der Waals surface area (Å²) in [7, 11) is 0. The molecule has 0 aromatic carbocycles. The van der Waals surface area contributed by atoms with E-state index in [-0.39, 0.29) is 19.3 Å². The molecule has 5 nitrogen and oxygen atoms in total. The lowest BCUT2D eigenvalue weighted by molar-refractivity contribution is -0.152. The van der Waals surface area contributed by atoms with Crippen molar-refractivity contribution in [3.63, 3.8) is 0 Å². The number of nitrogens with zero attached hydrogens (tertiary/aromatic N) is 1. The van der Waals surface area contributed by atoms with Crippen molar-refractivity contribution in [2.75, 3.05) is 0 Å². The van der Waals surface area contributed by atoms with Gasteiger partial charge in [-0.05, 0) is 0 Å². The zero-order valence-electron chi connectivity index (χ0n) is 7.09. The van der Waals surface area contributed by atoms with Gasteiger partial charge in [-0.2, -0.15) is 5.26 Å². The van der Waals surface area contributed by atoms with Gasteiger partial charge in [0.2, 0.25) is 0 Å². The van der Waals surface area contributed by atoms with E-state index in [0.29, 0.717) is 0 Å². The number of hydrogen-bond donors (Lipinski definition) is 4. The topological polar surface area (TPSA) is 105 Å². The van der Waals surface area contributed by atoms with Crippen LogP contribution in [0.15, 0.2) is 0 Å². The van der Waals surface area contributed by atoms with Crippen molar-refractivity contribution in [3.05, 3.63) is 0 Å². The molecule has 1 fully saturated rings. The van der Waals surface area contributed by atoms with Crippen LogP contribution in [-0.4, -0.2) is 44.3 Å². The van der Waals surface area contributed by atoms with Crippen LogP contribution in [0, 0.1) is 11.3 Å². The molecule has 1 aliphatic carbocycles. The van der Waals surface area contributed by atoms with Gasteiger partial charge in [-0.3, -0.25) is 0 Å². The standard InChI is InChI=1S/C8H13NO4/c9-2-1-8(13)3-5(10)7(12)6(11)4-8/h5-7,10-13H,1,3-4H2. The van der Waals surface area contributed by atoms with Gasteiger partial charge in [0.05, 0.1) is 30.3 Å². The number of nitriles is 1. The maximum Gasteiger partial charge on any atom is 0.106 e. The van der Waals surface area contributed by atoms with Gasteiger partial charge < -0.3 is 20.4 Å². The summed E-state index contributed by atoms with van der Waals surface area (Å²) in [6.07, 6.45) is -3.84. The first kappa shape index (κ1) is 10.4. The second-order valence-corrected chi connectivity index (χ2v) is 3.59. The van der Waals surface area contributed by atoms with Gasteiger partial charge in [-0.25, -0.2) is 0 Å². The van der Waals surface area contributed by atoms with Gasteiger partial charge >= 0.3 is 0 Å². The lowest BCUT2D eigenvalue weighted by Crippen LogP contribution is -2.52. The van der Waals surface area contributed by atoms with E-state index in [0.717, 1.165) is 0 Å². The minimum absolute atomic E-state index is 0.0706. The molecule has 2 unspecified atom stereocenters. The van der Waals surface area contributed by atoms with Crippen LogP contribution in [0.1, 0.15) is 19.3 Å². The maximum atomic E-state index is 9.68. The van der Waals surface area contributed by atoms with Crippen molar-refractivity contribution >= 4 is 0 Å². The third-order valence-corrected chi connectivity index (χ3v) is 2.37. The first-order valence-electron chi connectivity index (χ1n) is 4.12. The molecule has 1 aliphatic rings. The summed E-state index contributed by atoms with van der Waals surface area (Å²) in [4.78, 5) is 0. The molecule has 1 rings (SSSR count). The second-order valence-electron chi connectivity index (χ2n) is 3.59. The number of aliphatic hydroxyl groups is 4. The van der Waals surface area contributed by atoms with E-state index in [9.17, 15) is 15.3 Å². The fourth-order valence-corrected chi connectivity index (χ4v) is 1.65. The molecule has 0 saturated heterocycles. The van der Waals surface area contributed by atoms with Crippen LogP contribution in [0.2, 0.25) is 0 Å². The van der Waals surface area contributed by atoms with Crippen LogP contribution in [0.5, 0.6) is 0 Å². The summed E-state index contributed by atoms with van der Waals surface area (Å²) in [5, 5.41) is 45.7. The van der Waals surface area contributed by atoms with E-state index in [1.165, 1.54) is 0 Å². The molecule has 0 amide bonds. The summed E-state index contributed by atoms with van der Waals surface area (Å²) < 4.78 is 0. The van der Waals surface area contributed by atoms with Crippen LogP contribution >= 0.6 is 0 Å². The molecule has 0 bridgehead atoms. The first-order valence-corrected chi connectivity index (χ1v) is 4.12. The van der Waals surface area contributed by atoms with E-state index >= 15 is 0 Å². The number of rotatable bonds is 1. The van der Waals surface area contributed by atoms with Crippen molar-refractivity contribution in [1.82, 2.24) is 0 Å². The highest BCUT2D eigenvalue weighted by atomic mass is 16.4. The summed E-state index contributed by atoms with van der Waals surface area (Å²) >= 11 is 0. The van der Waals surface area contributed by atoms with Gasteiger partial charge in [0, 0.05) is 12.8 Å². The molecule has 4 N–H and O–H groups in total. The minimum atomic E-state index is -1.37. The molecule has 13 heavy (non-hydrogen) atoms. The normalized spacial score (nSPS) is 45.6. The number of aliphatic hydroxyl groups excluding tert-OH is 3. The summed E-state index contributed by atoms with van der Waals surface area (Å²) in [5.41, 5.74) is -1.37. The van der Waals surface area contributed by atoms with Gasteiger partial charge in [-0.15, -0.1) is 0 Å². The van der Waals surface area contributed by atoms with Gasteiger partial charge in [0.25, 0.3) is 0 Å². The van der Waals surface area contributed by atoms with Crippen LogP contribution in [0.3, 0.4) is 0 Å². The van der Waals surface area contributed by atoms with E-state index in [1.807, 2.05) is 0 Å². The first-order chi connectivity index (χ1) is 5.98. The average Bonchev–Trinajstić information content (AvgIpc) is 2.00. The van der Waals surface area contributed by atoms with Crippen molar-refractivity contribution in [3.8, 4) is 6.07 Å². The smallest absolute Gasteiger partial charge is 0.106 e. The number of hydrogen-bond acceptors (Lipinski definition) is 5. The predicted octanol–water partition coefficient (Wildman–Crippen LogP) is -1.49. The zero-order valence-corrected chi connectivity index (χ0v) is 7.09. The molecule has 0 aromatic heterocycles. The molecule has 5 heteroatoms. The Hall–Kier alpha value is -0.670. The van der Waals surface area contributed by atoms with E-state index < -0.39 is 23.9 Å². The second kappa shape index (κ2) is 3.60. The van der Waals surface area contributed by atoms with Crippen LogP contribution in [0.25, 0.3) is 0 Å². The lowest BCUT2D eigenvalue weighted by Gasteiger charge is -2.38. The van der Waals surface area contributed by atoms with Crippen molar-refractivity contribution in [2.24, 2.45) is 0 Å². The molecule has 2 atom stereocenters. The molecule has 0 spiro atoms. The molecule has 1 saturated carbocycles. The van der Waals surface area contributed by atoms with E-state index in [4.69, 9.17) is 10.4 Å². The predicted molar refractivity (Wildman–Crippen MR) is 42.4 cm³/mol. The Morgan fingerprint density at radius 2 is 1.69 bits per heavy atom. The van der Waals surface area contributed by atoms with E-state index in [2.05, 4.69) is 0 Å². The lowest BCUT2D eigenvalue weighted by atomic mass is 9.78. The highest BCUT2D eigenvalue weighted by Gasteiger charge is 2.43. The average molecular weight is 187 g/mol. The largest absolute Gasteiger partial charge is 0.390 e. The molecule has 0 heterocycles. The fourth-order valence-electron chi connectivity index (χ4n) is 1.65. The van der Waals surface area contributed by atoms with Gasteiger partial charge in [-0.1, -0.05) is 0 Å².